The number of halogens is 1. The molecule has 0 radical (unpaired) electrons. The Hall–Kier alpha value is -4.31. The third-order valence-electron chi connectivity index (χ3n) is 5.37. The Labute approximate surface area is 189 Å². The zero-order valence-electron chi connectivity index (χ0n) is 17.1. The van der Waals surface area contributed by atoms with Gasteiger partial charge in [0.15, 0.2) is 17.3 Å². The topological polar surface area (TPSA) is 113 Å². The molecule has 160 valence electrons. The van der Waals surface area contributed by atoms with Crippen LogP contribution in [0.15, 0.2) is 55.2 Å². The lowest BCUT2D eigenvalue weighted by Gasteiger charge is -2.04. The summed E-state index contributed by atoms with van der Waals surface area (Å²) in [5.74, 6) is -0.0381. The van der Waals surface area contributed by atoms with Crippen molar-refractivity contribution in [2.24, 2.45) is 0 Å². The monoisotopic (exact) mass is 455 g/mol. The van der Waals surface area contributed by atoms with Gasteiger partial charge in [-0.05, 0) is 37.3 Å². The number of carbonyl (C=O) groups is 1. The van der Waals surface area contributed by atoms with Gasteiger partial charge in [0, 0.05) is 40.2 Å². The zero-order chi connectivity index (χ0) is 22.5. The third-order valence-corrected chi connectivity index (χ3v) is 6.59. The van der Waals surface area contributed by atoms with Crippen LogP contribution in [0.5, 0.6) is 0 Å². The number of nitrogens with one attached hydrogen (secondary N) is 2. The molecule has 0 bridgehead atoms. The number of rotatable bonds is 4. The highest BCUT2D eigenvalue weighted by atomic mass is 32.1. The van der Waals surface area contributed by atoms with Gasteiger partial charge < -0.3 is 4.98 Å². The minimum Gasteiger partial charge on any atom is -0.335 e. The van der Waals surface area contributed by atoms with Gasteiger partial charge in [0.1, 0.15) is 17.8 Å². The first-order valence-corrected chi connectivity index (χ1v) is 10.8. The second kappa shape index (κ2) is 7.38. The van der Waals surface area contributed by atoms with Crippen LogP contribution >= 0.6 is 11.3 Å². The van der Waals surface area contributed by atoms with E-state index in [0.29, 0.717) is 49.6 Å². The summed E-state index contributed by atoms with van der Waals surface area (Å²) >= 11 is 1.40. The Morgan fingerprint density at radius 2 is 1.91 bits per heavy atom. The number of H-pyrrole nitrogens is 2. The van der Waals surface area contributed by atoms with Gasteiger partial charge in [0.25, 0.3) is 0 Å². The Bertz CT molecular complexity index is 1670. The molecule has 0 saturated carbocycles. The van der Waals surface area contributed by atoms with Crippen molar-refractivity contribution < 1.29 is 9.18 Å². The number of nitrogens with zero attached hydrogens (tertiary/aromatic N) is 5. The molecule has 0 saturated heterocycles. The summed E-state index contributed by atoms with van der Waals surface area (Å²) in [5.41, 5.74) is 3.85. The van der Waals surface area contributed by atoms with Crippen LogP contribution in [0.25, 0.3) is 55.2 Å². The smallest absolute Gasteiger partial charge is 0.178 e. The first kappa shape index (κ1) is 19.4. The molecule has 0 aliphatic carbocycles. The van der Waals surface area contributed by atoms with Crippen LogP contribution in [0.2, 0.25) is 0 Å². The molecule has 0 amide bonds. The highest BCUT2D eigenvalue weighted by Crippen LogP contribution is 2.36. The number of Topliss-reactive ketones (excluding diaryl/α,β-unsaturated/α-hetero) is 1. The molecular weight excluding hydrogens is 441 g/mol. The number of carbonyl (C=O) groups excluding carboxylic acids is 1. The molecule has 0 aliphatic heterocycles. The molecule has 8 nitrogen and oxygen atoms in total. The van der Waals surface area contributed by atoms with Gasteiger partial charge >= 0.3 is 0 Å². The van der Waals surface area contributed by atoms with Crippen molar-refractivity contribution in [2.45, 2.75) is 6.92 Å². The van der Waals surface area contributed by atoms with Crippen LogP contribution < -0.4 is 0 Å². The van der Waals surface area contributed by atoms with Gasteiger partial charge in [-0.15, -0.1) is 11.3 Å². The molecule has 10 heteroatoms. The predicted octanol–water partition coefficient (Wildman–Crippen LogP) is 5.03. The normalized spacial score (nSPS) is 11.5. The minimum atomic E-state index is -0.441. The molecule has 5 heterocycles. The Balaban J connectivity index is 1.52. The predicted molar refractivity (Wildman–Crippen MR) is 123 cm³/mol. The standard InChI is InChI=1S/C23H14FN7OS/c1-11(32)16-4-5-17(33-16)14-6-7-27-22-20(14)28-23(29-22)21-18-15(30-31-21)3-2-13(19(18)24)12-8-25-10-26-9-12/h2-10H,1H3,(H,30,31)(H,27,28,29). The largest absolute Gasteiger partial charge is 0.335 e. The number of hydrogen-bond donors (Lipinski definition) is 2. The molecule has 0 spiro atoms. The van der Waals surface area contributed by atoms with E-state index in [1.54, 1.807) is 43.7 Å². The van der Waals surface area contributed by atoms with Crippen LogP contribution in [0.4, 0.5) is 4.39 Å². The van der Waals surface area contributed by atoms with Gasteiger partial charge in [0.2, 0.25) is 0 Å². The van der Waals surface area contributed by atoms with E-state index in [0.717, 1.165) is 10.4 Å². The van der Waals surface area contributed by atoms with Gasteiger partial charge in [-0.25, -0.2) is 24.3 Å². The fraction of sp³-hybridized carbons (Fsp3) is 0.0435. The van der Waals surface area contributed by atoms with E-state index in [9.17, 15) is 4.79 Å². The molecule has 0 aliphatic rings. The van der Waals surface area contributed by atoms with Crippen molar-refractivity contribution in [3.05, 3.63) is 65.9 Å². The van der Waals surface area contributed by atoms with Crippen LogP contribution in [-0.4, -0.2) is 40.9 Å². The summed E-state index contributed by atoms with van der Waals surface area (Å²) in [5, 5.41) is 7.51. The maximum absolute atomic E-state index is 15.6. The second-order valence-electron chi connectivity index (χ2n) is 7.41. The number of thiophene rings is 1. The maximum atomic E-state index is 15.6. The van der Waals surface area contributed by atoms with E-state index >= 15 is 4.39 Å². The number of benzene rings is 1. The van der Waals surface area contributed by atoms with Gasteiger partial charge in [-0.3, -0.25) is 9.89 Å². The van der Waals surface area contributed by atoms with E-state index < -0.39 is 5.82 Å². The van der Waals surface area contributed by atoms with E-state index in [4.69, 9.17) is 0 Å². The van der Waals surface area contributed by atoms with Crippen molar-refractivity contribution in [1.82, 2.24) is 35.1 Å². The SMILES string of the molecule is CC(=O)c1ccc(-c2ccnc3nc(-c4n[nH]c5ccc(-c6cncnc6)c(F)c45)[nH]c23)s1. The van der Waals surface area contributed by atoms with Crippen LogP contribution in [0, 0.1) is 5.82 Å². The quantitative estimate of drug-likeness (QED) is 0.361. The number of aromatic nitrogens is 7. The molecule has 5 aromatic heterocycles. The molecule has 6 rings (SSSR count). The van der Waals surface area contributed by atoms with Crippen molar-refractivity contribution in [1.29, 1.82) is 0 Å². The Morgan fingerprint density at radius 1 is 1.06 bits per heavy atom. The van der Waals surface area contributed by atoms with Gasteiger partial charge in [-0.2, -0.15) is 5.10 Å². The van der Waals surface area contributed by atoms with Crippen molar-refractivity contribution in [3.8, 4) is 33.1 Å². The summed E-state index contributed by atoms with van der Waals surface area (Å²) in [6.45, 7) is 1.54. The fourth-order valence-corrected chi connectivity index (χ4v) is 4.74. The molecule has 0 atom stereocenters. The number of hydrogen-bond acceptors (Lipinski definition) is 7. The highest BCUT2D eigenvalue weighted by molar-refractivity contribution is 7.17. The van der Waals surface area contributed by atoms with E-state index in [1.165, 1.54) is 17.7 Å². The van der Waals surface area contributed by atoms with E-state index in [-0.39, 0.29) is 5.78 Å². The summed E-state index contributed by atoms with van der Waals surface area (Å²) in [6, 6.07) is 8.99. The maximum Gasteiger partial charge on any atom is 0.178 e. The third kappa shape index (κ3) is 3.11. The molecular formula is C23H14FN7OS. The molecule has 33 heavy (non-hydrogen) atoms. The first-order chi connectivity index (χ1) is 16.1. The number of fused-ring (bicyclic) bond motifs is 2. The number of aromatic amines is 2. The number of ketones is 1. The lowest BCUT2D eigenvalue weighted by Crippen LogP contribution is -1.90. The molecule has 0 fully saturated rings. The first-order valence-electron chi connectivity index (χ1n) is 9.98. The summed E-state index contributed by atoms with van der Waals surface area (Å²) < 4.78 is 15.6. The van der Waals surface area contributed by atoms with Crippen molar-refractivity contribution >= 4 is 39.2 Å². The second-order valence-corrected chi connectivity index (χ2v) is 8.50. The zero-order valence-corrected chi connectivity index (χ0v) is 17.9. The molecule has 1 aromatic carbocycles. The Morgan fingerprint density at radius 3 is 2.70 bits per heavy atom. The van der Waals surface area contributed by atoms with E-state index in [1.807, 2.05) is 12.1 Å². The lowest BCUT2D eigenvalue weighted by molar-refractivity contribution is 0.102. The average Bonchev–Trinajstić information content (AvgIpc) is 3.57. The summed E-state index contributed by atoms with van der Waals surface area (Å²) in [7, 11) is 0. The molecule has 0 unspecified atom stereocenters. The minimum absolute atomic E-state index is 0.0138. The molecule has 2 N–H and O–H groups in total. The fourth-order valence-electron chi connectivity index (χ4n) is 3.81. The summed E-state index contributed by atoms with van der Waals surface area (Å²) in [6.07, 6.45) is 6.18. The number of imidazole rings is 1. The number of pyridine rings is 1. The van der Waals surface area contributed by atoms with Gasteiger partial charge in [-0.1, -0.05) is 0 Å². The van der Waals surface area contributed by atoms with Crippen molar-refractivity contribution in [3.63, 3.8) is 0 Å². The lowest BCUT2D eigenvalue weighted by atomic mass is 10.0. The van der Waals surface area contributed by atoms with Crippen LogP contribution in [0.1, 0.15) is 16.6 Å². The Kier molecular flexibility index (Phi) is 4.34. The molecule has 6 aromatic rings. The van der Waals surface area contributed by atoms with Gasteiger partial charge in [0.05, 0.1) is 21.3 Å². The summed E-state index contributed by atoms with van der Waals surface area (Å²) in [4.78, 5) is 33.5. The highest BCUT2D eigenvalue weighted by Gasteiger charge is 2.21. The van der Waals surface area contributed by atoms with Crippen LogP contribution in [0.3, 0.4) is 0 Å². The van der Waals surface area contributed by atoms with E-state index in [2.05, 4.69) is 35.1 Å². The average molecular weight is 455 g/mol. The van der Waals surface area contributed by atoms with Crippen molar-refractivity contribution in [2.75, 3.05) is 0 Å². The van der Waals surface area contributed by atoms with Crippen LogP contribution in [-0.2, 0) is 0 Å².